The van der Waals surface area contributed by atoms with Gasteiger partial charge in [0.15, 0.2) is 6.61 Å². The number of nitrogens with one attached hydrogen (secondary N) is 1. The number of amides is 1. The fraction of sp³-hybridized carbons (Fsp3) is 0.444. The second-order valence-electron chi connectivity index (χ2n) is 6.16. The fourth-order valence-electron chi connectivity index (χ4n) is 2.84. The highest BCUT2D eigenvalue weighted by Crippen LogP contribution is 2.32. The van der Waals surface area contributed by atoms with E-state index in [4.69, 9.17) is 4.74 Å². The van der Waals surface area contributed by atoms with Crippen LogP contribution < -0.4 is 5.32 Å². The van der Waals surface area contributed by atoms with Crippen LogP contribution in [0.1, 0.15) is 38.3 Å². The van der Waals surface area contributed by atoms with Crippen LogP contribution in [0.25, 0.3) is 0 Å². The largest absolute Gasteiger partial charge is 0.451 e. The number of esters is 1. The first-order valence-corrected chi connectivity index (χ1v) is 9.89. The van der Waals surface area contributed by atoms with Crippen LogP contribution in [-0.2, 0) is 28.8 Å². The minimum Gasteiger partial charge on any atom is -0.451 e. The molecule has 0 aromatic carbocycles. The van der Waals surface area contributed by atoms with Crippen molar-refractivity contribution in [2.45, 2.75) is 32.6 Å². The Hall–Kier alpha value is -1.66. The zero-order valence-electron chi connectivity index (χ0n) is 13.7. The van der Waals surface area contributed by atoms with Crippen molar-refractivity contribution >= 4 is 34.6 Å². The van der Waals surface area contributed by atoms with Crippen molar-refractivity contribution in [3.63, 3.8) is 0 Å². The third-order valence-corrected chi connectivity index (χ3v) is 6.29. The molecule has 1 N–H and O–H groups in total. The van der Waals surface area contributed by atoms with Gasteiger partial charge in [-0.05, 0) is 54.7 Å². The topological polar surface area (TPSA) is 55.4 Å². The molecule has 1 amide bonds. The van der Waals surface area contributed by atoms with Gasteiger partial charge < -0.3 is 10.1 Å². The molecule has 2 heterocycles. The van der Waals surface area contributed by atoms with Gasteiger partial charge in [0.1, 0.15) is 4.88 Å². The predicted molar refractivity (Wildman–Crippen MR) is 96.8 cm³/mol. The fourth-order valence-corrected chi connectivity index (χ4v) is 4.65. The summed E-state index contributed by atoms with van der Waals surface area (Å²) in [4.78, 5) is 27.0. The maximum atomic E-state index is 12.1. The van der Waals surface area contributed by atoms with Crippen molar-refractivity contribution in [2.75, 3.05) is 13.2 Å². The van der Waals surface area contributed by atoms with Crippen LogP contribution in [0, 0.1) is 5.92 Å². The summed E-state index contributed by atoms with van der Waals surface area (Å²) in [6.45, 7) is 2.57. The predicted octanol–water partition coefficient (Wildman–Crippen LogP) is 3.45. The molecule has 0 saturated heterocycles. The van der Waals surface area contributed by atoms with E-state index in [-0.39, 0.29) is 12.5 Å². The van der Waals surface area contributed by atoms with Gasteiger partial charge in [0.2, 0.25) is 0 Å². The Kier molecular flexibility index (Phi) is 5.68. The lowest BCUT2D eigenvalue weighted by molar-refractivity contribution is -0.124. The molecule has 1 aliphatic rings. The number of carbonyl (C=O) groups is 2. The number of hydrogen-bond acceptors (Lipinski definition) is 5. The Balaban J connectivity index is 1.42. The van der Waals surface area contributed by atoms with Crippen LogP contribution in [-0.4, -0.2) is 25.0 Å². The molecular weight excluding hydrogens is 342 g/mol. The highest BCUT2D eigenvalue weighted by Gasteiger charge is 2.21. The van der Waals surface area contributed by atoms with Gasteiger partial charge in [0.25, 0.3) is 5.91 Å². The summed E-state index contributed by atoms with van der Waals surface area (Å²) >= 11 is 3.18. The number of thiophene rings is 2. The first-order chi connectivity index (χ1) is 11.6. The van der Waals surface area contributed by atoms with Gasteiger partial charge in [0.05, 0.1) is 0 Å². The van der Waals surface area contributed by atoms with Crippen molar-refractivity contribution in [3.8, 4) is 0 Å². The molecule has 0 aliphatic heterocycles. The number of rotatable bonds is 6. The molecule has 128 valence electrons. The number of ether oxygens (including phenoxy) is 1. The van der Waals surface area contributed by atoms with E-state index in [1.807, 2.05) is 23.6 Å². The molecular formula is C18H21NO3S2. The second kappa shape index (κ2) is 7.94. The van der Waals surface area contributed by atoms with Crippen molar-refractivity contribution in [1.29, 1.82) is 0 Å². The first kappa shape index (κ1) is 17.2. The number of hydrogen-bond donors (Lipinski definition) is 1. The summed E-state index contributed by atoms with van der Waals surface area (Å²) < 4.78 is 5.14. The monoisotopic (exact) mass is 363 g/mol. The SMILES string of the molecule is CC1CCc2sc(C(=O)OCC(=O)NCCc3cccs3)cc2C1. The molecule has 2 aromatic heterocycles. The lowest BCUT2D eigenvalue weighted by atomic mass is 9.90. The summed E-state index contributed by atoms with van der Waals surface area (Å²) in [5.74, 6) is 0.0235. The van der Waals surface area contributed by atoms with E-state index in [0.29, 0.717) is 17.3 Å². The highest BCUT2D eigenvalue weighted by molar-refractivity contribution is 7.14. The smallest absolute Gasteiger partial charge is 0.348 e. The Morgan fingerprint density at radius 2 is 2.29 bits per heavy atom. The minimum atomic E-state index is -0.393. The summed E-state index contributed by atoms with van der Waals surface area (Å²) in [6.07, 6.45) is 4.04. The average Bonchev–Trinajstić information content (AvgIpc) is 3.21. The Morgan fingerprint density at radius 3 is 3.08 bits per heavy atom. The quantitative estimate of drug-likeness (QED) is 0.800. The second-order valence-corrected chi connectivity index (χ2v) is 8.33. The van der Waals surface area contributed by atoms with E-state index < -0.39 is 5.97 Å². The third-order valence-electron chi connectivity index (χ3n) is 4.14. The molecule has 3 rings (SSSR count). The number of carbonyl (C=O) groups excluding carboxylic acids is 2. The van der Waals surface area contributed by atoms with Crippen molar-refractivity contribution in [2.24, 2.45) is 5.92 Å². The highest BCUT2D eigenvalue weighted by atomic mass is 32.1. The third kappa shape index (κ3) is 4.45. The van der Waals surface area contributed by atoms with Crippen LogP contribution in [0.3, 0.4) is 0 Å². The van der Waals surface area contributed by atoms with Crippen molar-refractivity contribution in [1.82, 2.24) is 5.32 Å². The summed E-state index contributed by atoms with van der Waals surface area (Å²) in [5.41, 5.74) is 1.27. The molecule has 0 bridgehead atoms. The molecule has 0 spiro atoms. The molecule has 0 saturated carbocycles. The van der Waals surface area contributed by atoms with Gasteiger partial charge in [-0.15, -0.1) is 22.7 Å². The van der Waals surface area contributed by atoms with Crippen LogP contribution in [0.4, 0.5) is 0 Å². The first-order valence-electron chi connectivity index (χ1n) is 8.19. The van der Waals surface area contributed by atoms with Gasteiger partial charge in [-0.1, -0.05) is 13.0 Å². The molecule has 2 aromatic rings. The van der Waals surface area contributed by atoms with Crippen LogP contribution >= 0.6 is 22.7 Å². The summed E-state index contributed by atoms with van der Waals surface area (Å²) in [7, 11) is 0. The van der Waals surface area contributed by atoms with E-state index in [9.17, 15) is 9.59 Å². The molecule has 24 heavy (non-hydrogen) atoms. The van der Waals surface area contributed by atoms with Crippen molar-refractivity contribution < 1.29 is 14.3 Å². The molecule has 0 radical (unpaired) electrons. The molecule has 6 heteroatoms. The zero-order chi connectivity index (χ0) is 16.9. The van der Waals surface area contributed by atoms with E-state index in [1.165, 1.54) is 33.1 Å². The maximum Gasteiger partial charge on any atom is 0.348 e. The molecule has 1 aliphatic carbocycles. The maximum absolute atomic E-state index is 12.1. The van der Waals surface area contributed by atoms with Gasteiger partial charge >= 0.3 is 5.97 Å². The number of fused-ring (bicyclic) bond motifs is 1. The van der Waals surface area contributed by atoms with E-state index in [1.54, 1.807) is 11.3 Å². The van der Waals surface area contributed by atoms with Crippen LogP contribution in [0.5, 0.6) is 0 Å². The molecule has 1 atom stereocenters. The van der Waals surface area contributed by atoms with Gasteiger partial charge in [-0.25, -0.2) is 4.79 Å². The number of aryl methyl sites for hydroxylation is 1. The average molecular weight is 364 g/mol. The van der Waals surface area contributed by atoms with E-state index in [0.717, 1.165) is 19.3 Å². The molecule has 1 unspecified atom stereocenters. The van der Waals surface area contributed by atoms with E-state index in [2.05, 4.69) is 12.2 Å². The lowest BCUT2D eigenvalue weighted by Crippen LogP contribution is -2.30. The Bertz CT molecular complexity index is 706. The van der Waals surface area contributed by atoms with Crippen LogP contribution in [0.15, 0.2) is 23.6 Å². The zero-order valence-corrected chi connectivity index (χ0v) is 15.3. The molecule has 4 nitrogen and oxygen atoms in total. The normalized spacial score (nSPS) is 16.5. The summed E-state index contributed by atoms with van der Waals surface area (Å²) in [6, 6.07) is 5.97. The van der Waals surface area contributed by atoms with Crippen molar-refractivity contribution in [3.05, 3.63) is 43.8 Å². The summed E-state index contributed by atoms with van der Waals surface area (Å²) in [5, 5.41) is 4.79. The van der Waals surface area contributed by atoms with Gasteiger partial charge in [0, 0.05) is 16.3 Å². The van der Waals surface area contributed by atoms with Crippen LogP contribution in [0.2, 0.25) is 0 Å². The van der Waals surface area contributed by atoms with Gasteiger partial charge in [-0.2, -0.15) is 0 Å². The Morgan fingerprint density at radius 1 is 1.42 bits per heavy atom. The lowest BCUT2D eigenvalue weighted by Gasteiger charge is -2.16. The van der Waals surface area contributed by atoms with E-state index >= 15 is 0 Å². The standard InChI is InChI=1S/C18H21NO3S2/c1-12-4-5-15-13(9-12)10-16(24-15)18(21)22-11-17(20)19-7-6-14-3-2-8-23-14/h2-3,8,10,12H,4-7,9,11H2,1H3,(H,19,20). The Labute approximate surface area is 149 Å². The molecule has 0 fully saturated rings. The van der Waals surface area contributed by atoms with Gasteiger partial charge in [-0.3, -0.25) is 4.79 Å². The minimum absolute atomic E-state index is 0.220.